The van der Waals surface area contributed by atoms with E-state index in [1.165, 1.54) is 11.3 Å². The number of amides is 1. The number of carbonyl (C=O) groups is 2. The second kappa shape index (κ2) is 6.65. The van der Waals surface area contributed by atoms with E-state index in [-0.39, 0.29) is 18.4 Å². The molecule has 0 aliphatic carbocycles. The van der Waals surface area contributed by atoms with E-state index < -0.39 is 11.9 Å². The van der Waals surface area contributed by atoms with E-state index in [0.717, 1.165) is 10.4 Å². The first kappa shape index (κ1) is 16.5. The molecule has 1 saturated heterocycles. The monoisotopic (exact) mass is 345 g/mol. The van der Waals surface area contributed by atoms with Gasteiger partial charge in [-0.2, -0.15) is 0 Å². The van der Waals surface area contributed by atoms with Gasteiger partial charge in [-0.25, -0.2) is 0 Å². The molecule has 1 aromatic heterocycles. The first-order valence-electron chi connectivity index (χ1n) is 7.76. The fraction of sp³-hybridized carbons (Fsp3) is 0.333. The van der Waals surface area contributed by atoms with Crippen molar-refractivity contribution in [1.29, 1.82) is 0 Å². The number of aliphatic carboxylic acids is 1. The Morgan fingerprint density at radius 3 is 2.54 bits per heavy atom. The number of hydrogen-bond donors (Lipinski definition) is 1. The van der Waals surface area contributed by atoms with Gasteiger partial charge in [0, 0.05) is 18.0 Å². The molecule has 24 heavy (non-hydrogen) atoms. The maximum atomic E-state index is 12.8. The van der Waals surface area contributed by atoms with Crippen LogP contribution in [0.1, 0.15) is 16.6 Å². The SMILES string of the molecule is COc1cc(-c2ccccc2)sc1C(=O)N1C[C@@H](C)[C@H](C(=O)O)C1. The lowest BCUT2D eigenvalue weighted by Crippen LogP contribution is -2.29. The number of rotatable bonds is 4. The highest BCUT2D eigenvalue weighted by Gasteiger charge is 2.38. The highest BCUT2D eigenvalue weighted by molar-refractivity contribution is 7.17. The maximum Gasteiger partial charge on any atom is 0.308 e. The predicted octanol–water partition coefficient (Wildman–Crippen LogP) is 3.22. The Morgan fingerprint density at radius 1 is 1.25 bits per heavy atom. The van der Waals surface area contributed by atoms with Gasteiger partial charge in [-0.15, -0.1) is 11.3 Å². The topological polar surface area (TPSA) is 66.8 Å². The molecule has 3 rings (SSSR count). The molecule has 1 aliphatic rings. The standard InChI is InChI=1S/C18H19NO4S/c1-11-9-19(10-13(11)18(21)22)17(20)16-14(23-2)8-15(24-16)12-6-4-3-5-7-12/h3-8,11,13H,9-10H2,1-2H3,(H,21,22)/t11-,13-/m1/s1. The third-order valence-corrected chi connectivity index (χ3v) is 5.54. The molecule has 6 heteroatoms. The molecule has 126 valence electrons. The van der Waals surface area contributed by atoms with Crippen molar-refractivity contribution in [3.8, 4) is 16.2 Å². The molecular weight excluding hydrogens is 326 g/mol. The van der Waals surface area contributed by atoms with Crippen LogP contribution in [0.3, 0.4) is 0 Å². The average molecular weight is 345 g/mol. The zero-order valence-corrected chi connectivity index (χ0v) is 14.4. The van der Waals surface area contributed by atoms with E-state index in [9.17, 15) is 14.7 Å². The first-order valence-corrected chi connectivity index (χ1v) is 8.58. The maximum absolute atomic E-state index is 12.8. The molecule has 1 amide bonds. The number of benzene rings is 1. The molecule has 2 heterocycles. The molecule has 1 aliphatic heterocycles. The molecular formula is C18H19NO4S. The summed E-state index contributed by atoms with van der Waals surface area (Å²) in [5.74, 6) is -1.02. The van der Waals surface area contributed by atoms with E-state index in [2.05, 4.69) is 0 Å². The zero-order valence-electron chi connectivity index (χ0n) is 13.6. The van der Waals surface area contributed by atoms with Gasteiger partial charge in [-0.1, -0.05) is 37.3 Å². The van der Waals surface area contributed by atoms with Gasteiger partial charge in [0.25, 0.3) is 5.91 Å². The largest absolute Gasteiger partial charge is 0.495 e. The minimum absolute atomic E-state index is 0.0500. The Balaban J connectivity index is 1.88. The van der Waals surface area contributed by atoms with Crippen molar-refractivity contribution in [1.82, 2.24) is 4.90 Å². The number of carboxylic acids is 1. The van der Waals surface area contributed by atoms with Crippen molar-refractivity contribution < 1.29 is 19.4 Å². The molecule has 5 nitrogen and oxygen atoms in total. The number of hydrogen-bond acceptors (Lipinski definition) is 4. The second-order valence-electron chi connectivity index (χ2n) is 6.01. The molecule has 1 aromatic carbocycles. The minimum Gasteiger partial charge on any atom is -0.495 e. The summed E-state index contributed by atoms with van der Waals surface area (Å²) < 4.78 is 5.38. The highest BCUT2D eigenvalue weighted by Crippen LogP contribution is 2.38. The lowest BCUT2D eigenvalue weighted by Gasteiger charge is -2.15. The van der Waals surface area contributed by atoms with Gasteiger partial charge < -0.3 is 14.7 Å². The molecule has 2 atom stereocenters. The summed E-state index contributed by atoms with van der Waals surface area (Å²) in [6.45, 7) is 2.57. The van der Waals surface area contributed by atoms with Crippen LogP contribution in [0.5, 0.6) is 5.75 Å². The van der Waals surface area contributed by atoms with Crippen LogP contribution in [0.15, 0.2) is 36.4 Å². The van der Waals surface area contributed by atoms with Crippen molar-refractivity contribution >= 4 is 23.2 Å². The highest BCUT2D eigenvalue weighted by atomic mass is 32.1. The third kappa shape index (κ3) is 3.01. The zero-order chi connectivity index (χ0) is 17.3. The Hall–Kier alpha value is -2.34. The summed E-state index contributed by atoms with van der Waals surface area (Å²) in [5.41, 5.74) is 1.03. The number of ether oxygens (including phenoxy) is 1. The van der Waals surface area contributed by atoms with Gasteiger partial charge in [-0.3, -0.25) is 9.59 Å². The van der Waals surface area contributed by atoms with Gasteiger partial charge in [0.05, 0.1) is 13.0 Å². The summed E-state index contributed by atoms with van der Waals surface area (Å²) in [6.07, 6.45) is 0. The van der Waals surface area contributed by atoms with Crippen LogP contribution in [0.2, 0.25) is 0 Å². The van der Waals surface area contributed by atoms with E-state index in [4.69, 9.17) is 4.74 Å². The van der Waals surface area contributed by atoms with Crippen molar-refractivity contribution in [2.24, 2.45) is 11.8 Å². The fourth-order valence-corrected chi connectivity index (χ4v) is 4.12. The molecule has 0 radical (unpaired) electrons. The molecule has 0 unspecified atom stereocenters. The smallest absolute Gasteiger partial charge is 0.308 e. The van der Waals surface area contributed by atoms with Gasteiger partial charge in [-0.05, 0) is 17.5 Å². The predicted molar refractivity (Wildman–Crippen MR) is 92.5 cm³/mol. The van der Waals surface area contributed by atoms with Crippen molar-refractivity contribution in [2.45, 2.75) is 6.92 Å². The Bertz CT molecular complexity index is 756. The summed E-state index contributed by atoms with van der Waals surface area (Å²) in [7, 11) is 1.54. The number of nitrogens with zero attached hydrogens (tertiary/aromatic N) is 1. The minimum atomic E-state index is -0.846. The number of likely N-dealkylation sites (tertiary alicyclic amines) is 1. The van der Waals surface area contributed by atoms with Crippen LogP contribution in [-0.2, 0) is 4.79 Å². The van der Waals surface area contributed by atoms with E-state index in [1.54, 1.807) is 12.0 Å². The summed E-state index contributed by atoms with van der Waals surface area (Å²) in [4.78, 5) is 27.2. The normalized spacial score (nSPS) is 20.2. The van der Waals surface area contributed by atoms with Gasteiger partial charge in [0.2, 0.25) is 0 Å². The Morgan fingerprint density at radius 2 is 1.96 bits per heavy atom. The summed E-state index contributed by atoms with van der Waals surface area (Å²) in [5, 5.41) is 9.25. The van der Waals surface area contributed by atoms with Crippen molar-refractivity contribution in [3.63, 3.8) is 0 Å². The third-order valence-electron chi connectivity index (χ3n) is 4.39. The number of methoxy groups -OCH3 is 1. The fourth-order valence-electron chi connectivity index (χ4n) is 3.02. The van der Waals surface area contributed by atoms with Crippen molar-refractivity contribution in [3.05, 3.63) is 41.3 Å². The van der Waals surface area contributed by atoms with E-state index >= 15 is 0 Å². The Kier molecular flexibility index (Phi) is 4.57. The van der Waals surface area contributed by atoms with Crippen LogP contribution < -0.4 is 4.74 Å². The van der Waals surface area contributed by atoms with Gasteiger partial charge in [0.15, 0.2) is 0 Å². The Labute approximate surface area is 144 Å². The first-order chi connectivity index (χ1) is 11.5. The van der Waals surface area contributed by atoms with E-state index in [0.29, 0.717) is 17.2 Å². The summed E-state index contributed by atoms with van der Waals surface area (Å²) >= 11 is 1.38. The lowest BCUT2D eigenvalue weighted by molar-refractivity contribution is -0.142. The van der Waals surface area contributed by atoms with Crippen LogP contribution in [-0.4, -0.2) is 42.1 Å². The van der Waals surface area contributed by atoms with E-state index in [1.807, 2.05) is 43.3 Å². The lowest BCUT2D eigenvalue weighted by atomic mass is 9.99. The summed E-state index contributed by atoms with van der Waals surface area (Å²) in [6, 6.07) is 11.7. The second-order valence-corrected chi connectivity index (χ2v) is 7.06. The average Bonchev–Trinajstić information content (AvgIpc) is 3.18. The quantitative estimate of drug-likeness (QED) is 0.924. The molecule has 0 saturated carbocycles. The number of carboxylic acid groups (broad SMARTS) is 1. The van der Waals surface area contributed by atoms with Crippen molar-refractivity contribution in [2.75, 3.05) is 20.2 Å². The van der Waals surface area contributed by atoms with Crippen LogP contribution in [0, 0.1) is 11.8 Å². The molecule has 0 bridgehead atoms. The van der Waals surface area contributed by atoms with Crippen LogP contribution >= 0.6 is 11.3 Å². The molecule has 2 aromatic rings. The molecule has 0 spiro atoms. The van der Waals surface area contributed by atoms with Crippen LogP contribution in [0.25, 0.3) is 10.4 Å². The number of carbonyl (C=O) groups excluding carboxylic acids is 1. The van der Waals surface area contributed by atoms with Gasteiger partial charge >= 0.3 is 5.97 Å². The van der Waals surface area contributed by atoms with Gasteiger partial charge in [0.1, 0.15) is 10.6 Å². The van der Waals surface area contributed by atoms with Crippen LogP contribution in [0.4, 0.5) is 0 Å². The number of thiophene rings is 1. The molecule has 1 N–H and O–H groups in total. The molecule has 1 fully saturated rings.